The molecule has 1 heterocycles. The van der Waals surface area contributed by atoms with Crippen LogP contribution in [0.4, 0.5) is 10.5 Å². The van der Waals surface area contributed by atoms with Crippen LogP contribution in [0.2, 0.25) is 0 Å². The summed E-state index contributed by atoms with van der Waals surface area (Å²) in [5.41, 5.74) is 3.60. The molecule has 1 atom stereocenters. The summed E-state index contributed by atoms with van der Waals surface area (Å²) in [6, 6.07) is 14.9. The minimum absolute atomic E-state index is 0.0293. The summed E-state index contributed by atoms with van der Waals surface area (Å²) in [4.78, 5) is 38.7. The molecule has 1 aliphatic rings. The van der Waals surface area contributed by atoms with Gasteiger partial charge >= 0.3 is 6.03 Å². The Balaban J connectivity index is 1.49. The van der Waals surface area contributed by atoms with Crippen molar-refractivity contribution in [1.82, 2.24) is 10.2 Å². The maximum absolute atomic E-state index is 12.7. The van der Waals surface area contributed by atoms with E-state index >= 15 is 0 Å². The normalized spacial score (nSPS) is 15.3. The number of urea groups is 1. The molecule has 1 aliphatic heterocycles. The molecule has 0 bridgehead atoms. The Hall–Kier alpha value is -3.15. The number of benzene rings is 2. The summed E-state index contributed by atoms with van der Waals surface area (Å²) in [5.74, 6) is 0.108. The standard InChI is InChI=1S/C25H31N3O3/c1-4-23(29)27-22-11-9-19(10-12-22)18(3)26-25(31)28-15-13-21(14-16-28)24(30)20-7-5-17(2)6-8-20/h5-12,18,21H,4,13-16H2,1-3H3,(H,26,31)(H,27,29). The number of hydrogen-bond acceptors (Lipinski definition) is 3. The molecule has 3 amide bonds. The predicted octanol–water partition coefficient (Wildman–Crippen LogP) is 4.71. The Labute approximate surface area is 184 Å². The lowest BCUT2D eigenvalue weighted by Gasteiger charge is -2.32. The van der Waals surface area contributed by atoms with Crippen molar-refractivity contribution >= 4 is 23.4 Å². The molecule has 0 spiro atoms. The molecule has 2 aromatic rings. The number of piperidine rings is 1. The van der Waals surface area contributed by atoms with Crippen LogP contribution in [0.15, 0.2) is 48.5 Å². The molecule has 164 valence electrons. The summed E-state index contributed by atoms with van der Waals surface area (Å²) >= 11 is 0. The number of nitrogens with one attached hydrogen (secondary N) is 2. The van der Waals surface area contributed by atoms with E-state index in [2.05, 4.69) is 10.6 Å². The number of hydrogen-bond donors (Lipinski definition) is 2. The smallest absolute Gasteiger partial charge is 0.317 e. The number of likely N-dealkylation sites (tertiary alicyclic amines) is 1. The van der Waals surface area contributed by atoms with Gasteiger partial charge in [0.15, 0.2) is 5.78 Å². The number of nitrogens with zero attached hydrogens (tertiary/aromatic N) is 1. The van der Waals surface area contributed by atoms with E-state index in [4.69, 9.17) is 0 Å². The van der Waals surface area contributed by atoms with E-state index in [1.165, 1.54) is 0 Å². The van der Waals surface area contributed by atoms with Crippen molar-refractivity contribution in [2.24, 2.45) is 5.92 Å². The number of anilines is 1. The molecule has 0 radical (unpaired) electrons. The van der Waals surface area contributed by atoms with Crippen LogP contribution in [0.5, 0.6) is 0 Å². The van der Waals surface area contributed by atoms with Crippen molar-refractivity contribution in [2.45, 2.75) is 46.1 Å². The number of carbonyl (C=O) groups is 3. The van der Waals surface area contributed by atoms with Gasteiger partial charge in [0.1, 0.15) is 0 Å². The lowest BCUT2D eigenvalue weighted by Crippen LogP contribution is -2.46. The van der Waals surface area contributed by atoms with Gasteiger partial charge in [-0.1, -0.05) is 48.9 Å². The lowest BCUT2D eigenvalue weighted by molar-refractivity contribution is -0.115. The van der Waals surface area contributed by atoms with Crippen LogP contribution in [-0.4, -0.2) is 35.7 Å². The Bertz CT molecular complexity index is 914. The first-order valence-electron chi connectivity index (χ1n) is 10.9. The van der Waals surface area contributed by atoms with Crippen LogP contribution >= 0.6 is 0 Å². The van der Waals surface area contributed by atoms with Crippen LogP contribution in [-0.2, 0) is 4.79 Å². The second-order valence-corrected chi connectivity index (χ2v) is 8.19. The van der Waals surface area contributed by atoms with Gasteiger partial charge in [-0.05, 0) is 44.4 Å². The first kappa shape index (κ1) is 22.5. The van der Waals surface area contributed by atoms with Crippen LogP contribution in [0.3, 0.4) is 0 Å². The molecule has 0 saturated carbocycles. The zero-order valence-corrected chi connectivity index (χ0v) is 18.5. The van der Waals surface area contributed by atoms with E-state index in [0.29, 0.717) is 32.4 Å². The quantitative estimate of drug-likeness (QED) is 0.663. The second-order valence-electron chi connectivity index (χ2n) is 8.19. The molecular weight excluding hydrogens is 390 g/mol. The van der Waals surface area contributed by atoms with E-state index in [1.807, 2.05) is 69.3 Å². The van der Waals surface area contributed by atoms with Crippen LogP contribution < -0.4 is 10.6 Å². The average molecular weight is 422 g/mol. The van der Waals surface area contributed by atoms with Crippen molar-refractivity contribution < 1.29 is 14.4 Å². The van der Waals surface area contributed by atoms with Gasteiger partial charge in [0.05, 0.1) is 6.04 Å². The zero-order valence-electron chi connectivity index (χ0n) is 18.5. The van der Waals surface area contributed by atoms with Crippen molar-refractivity contribution in [3.8, 4) is 0 Å². The first-order valence-corrected chi connectivity index (χ1v) is 10.9. The van der Waals surface area contributed by atoms with Crippen molar-refractivity contribution in [1.29, 1.82) is 0 Å². The Morgan fingerprint density at radius 1 is 1.00 bits per heavy atom. The van der Waals surface area contributed by atoms with E-state index in [1.54, 1.807) is 4.90 Å². The molecule has 3 rings (SSSR count). The number of ketones is 1. The highest BCUT2D eigenvalue weighted by Gasteiger charge is 2.28. The minimum Gasteiger partial charge on any atom is -0.331 e. The third kappa shape index (κ3) is 5.94. The number of amides is 3. The molecule has 0 aromatic heterocycles. The summed E-state index contributed by atoms with van der Waals surface area (Å²) < 4.78 is 0. The first-order chi connectivity index (χ1) is 14.9. The molecule has 0 aliphatic carbocycles. The Morgan fingerprint density at radius 3 is 2.19 bits per heavy atom. The number of carbonyl (C=O) groups excluding carboxylic acids is 3. The van der Waals surface area contributed by atoms with Crippen molar-refractivity contribution in [2.75, 3.05) is 18.4 Å². The third-order valence-corrected chi connectivity index (χ3v) is 5.84. The molecule has 6 heteroatoms. The summed E-state index contributed by atoms with van der Waals surface area (Å²) in [5, 5.41) is 5.85. The Morgan fingerprint density at radius 2 is 1.61 bits per heavy atom. The maximum Gasteiger partial charge on any atom is 0.317 e. The van der Waals surface area contributed by atoms with E-state index < -0.39 is 0 Å². The van der Waals surface area contributed by atoms with Gasteiger partial charge < -0.3 is 15.5 Å². The summed E-state index contributed by atoms with van der Waals surface area (Å²) in [6.07, 6.45) is 1.79. The largest absolute Gasteiger partial charge is 0.331 e. The van der Waals surface area contributed by atoms with Gasteiger partial charge in [-0.25, -0.2) is 4.79 Å². The highest BCUT2D eigenvalue weighted by Crippen LogP contribution is 2.23. The molecule has 1 saturated heterocycles. The molecular formula is C25H31N3O3. The number of rotatable bonds is 6. The fraction of sp³-hybridized carbons (Fsp3) is 0.400. The average Bonchev–Trinajstić information content (AvgIpc) is 2.79. The summed E-state index contributed by atoms with van der Waals surface area (Å²) in [6.45, 7) is 6.89. The second kappa shape index (κ2) is 10.2. The fourth-order valence-corrected chi connectivity index (χ4v) is 3.76. The zero-order chi connectivity index (χ0) is 22.4. The molecule has 1 fully saturated rings. The molecule has 31 heavy (non-hydrogen) atoms. The van der Waals surface area contributed by atoms with E-state index in [9.17, 15) is 14.4 Å². The monoisotopic (exact) mass is 421 g/mol. The number of Topliss-reactive ketones (excluding diaryl/α,β-unsaturated/α-hetero) is 1. The highest BCUT2D eigenvalue weighted by atomic mass is 16.2. The number of aryl methyl sites for hydroxylation is 1. The van der Waals surface area contributed by atoms with Gasteiger partial charge in [-0.15, -0.1) is 0 Å². The van der Waals surface area contributed by atoms with Crippen LogP contribution in [0.1, 0.15) is 60.6 Å². The summed E-state index contributed by atoms with van der Waals surface area (Å²) in [7, 11) is 0. The van der Waals surface area contributed by atoms with E-state index in [0.717, 1.165) is 22.4 Å². The van der Waals surface area contributed by atoms with Gasteiger partial charge in [0.2, 0.25) is 5.91 Å². The highest BCUT2D eigenvalue weighted by molar-refractivity contribution is 5.98. The van der Waals surface area contributed by atoms with Crippen molar-refractivity contribution in [3.63, 3.8) is 0 Å². The van der Waals surface area contributed by atoms with Gasteiger partial charge in [-0.3, -0.25) is 9.59 Å². The Kier molecular flexibility index (Phi) is 7.45. The van der Waals surface area contributed by atoms with E-state index in [-0.39, 0.29) is 29.7 Å². The molecule has 6 nitrogen and oxygen atoms in total. The van der Waals surface area contributed by atoms with Gasteiger partial charge in [-0.2, -0.15) is 0 Å². The SMILES string of the molecule is CCC(=O)Nc1ccc(C(C)NC(=O)N2CCC(C(=O)c3ccc(C)cc3)CC2)cc1. The fourth-order valence-electron chi connectivity index (χ4n) is 3.76. The third-order valence-electron chi connectivity index (χ3n) is 5.84. The van der Waals surface area contributed by atoms with Crippen LogP contribution in [0, 0.1) is 12.8 Å². The van der Waals surface area contributed by atoms with Crippen molar-refractivity contribution in [3.05, 3.63) is 65.2 Å². The predicted molar refractivity (Wildman–Crippen MR) is 122 cm³/mol. The topological polar surface area (TPSA) is 78.5 Å². The molecule has 1 unspecified atom stereocenters. The molecule has 2 aromatic carbocycles. The maximum atomic E-state index is 12.7. The molecule has 2 N–H and O–H groups in total. The lowest BCUT2D eigenvalue weighted by atomic mass is 9.89. The minimum atomic E-state index is -0.157. The van der Waals surface area contributed by atoms with Gasteiger partial charge in [0.25, 0.3) is 0 Å². The van der Waals surface area contributed by atoms with Gasteiger partial charge in [0, 0.05) is 36.7 Å². The van der Waals surface area contributed by atoms with Crippen LogP contribution in [0.25, 0.3) is 0 Å².